The van der Waals surface area contributed by atoms with Crippen LogP contribution in [-0.4, -0.2) is 35.3 Å². The Morgan fingerprint density at radius 2 is 1.84 bits per heavy atom. The highest BCUT2D eigenvalue weighted by Gasteiger charge is 2.35. The summed E-state index contributed by atoms with van der Waals surface area (Å²) in [5, 5.41) is 2.63. The van der Waals surface area contributed by atoms with Crippen LogP contribution < -0.4 is 5.32 Å². The fraction of sp³-hybridized carbons (Fsp3) is 0.429. The average Bonchev–Trinajstić information content (AvgIpc) is 2.38. The number of rotatable bonds is 3. The molecule has 0 aromatic heterocycles. The number of hydrogen-bond acceptors (Lipinski definition) is 2. The van der Waals surface area contributed by atoms with Crippen LogP contribution in [0.15, 0.2) is 24.3 Å². The highest BCUT2D eigenvalue weighted by atomic mass is 19.1. The van der Waals surface area contributed by atoms with Crippen LogP contribution in [0.5, 0.6) is 0 Å². The number of halogens is 1. The number of amides is 2. The zero-order valence-electron chi connectivity index (χ0n) is 11.0. The minimum absolute atomic E-state index is 0.0748. The lowest BCUT2D eigenvalue weighted by molar-refractivity contribution is -0.148. The van der Waals surface area contributed by atoms with Crippen molar-refractivity contribution in [3.8, 4) is 0 Å². The molecule has 1 fully saturated rings. The maximum absolute atomic E-state index is 12.8. The molecule has 1 heterocycles. The van der Waals surface area contributed by atoms with Crippen LogP contribution >= 0.6 is 0 Å². The topological polar surface area (TPSA) is 49.4 Å². The SMILES string of the molecule is CC1NC(=O)C(C)N(CCc2ccc(F)cc2)C1=O. The van der Waals surface area contributed by atoms with E-state index in [0.29, 0.717) is 13.0 Å². The van der Waals surface area contributed by atoms with Crippen LogP contribution in [-0.2, 0) is 16.0 Å². The molecule has 4 nitrogen and oxygen atoms in total. The van der Waals surface area contributed by atoms with E-state index in [4.69, 9.17) is 0 Å². The van der Waals surface area contributed by atoms with Gasteiger partial charge in [-0.3, -0.25) is 9.59 Å². The highest BCUT2D eigenvalue weighted by Crippen LogP contribution is 2.12. The molecule has 1 aromatic carbocycles. The first kappa shape index (κ1) is 13.5. The lowest BCUT2D eigenvalue weighted by Crippen LogP contribution is -2.61. The first-order valence-electron chi connectivity index (χ1n) is 6.34. The Hall–Kier alpha value is -1.91. The molecule has 1 saturated heterocycles. The number of hydrogen-bond donors (Lipinski definition) is 1. The maximum Gasteiger partial charge on any atom is 0.245 e. The van der Waals surface area contributed by atoms with Crippen molar-refractivity contribution in [2.24, 2.45) is 0 Å². The Balaban J connectivity index is 2.02. The van der Waals surface area contributed by atoms with E-state index in [9.17, 15) is 14.0 Å². The van der Waals surface area contributed by atoms with E-state index in [0.717, 1.165) is 5.56 Å². The van der Waals surface area contributed by atoms with Crippen molar-refractivity contribution in [2.45, 2.75) is 32.4 Å². The smallest absolute Gasteiger partial charge is 0.245 e. The molecular formula is C14H17FN2O2. The van der Waals surface area contributed by atoms with Gasteiger partial charge in [0.1, 0.15) is 17.9 Å². The number of carbonyl (C=O) groups excluding carboxylic acids is 2. The molecule has 0 saturated carbocycles. The molecule has 0 radical (unpaired) electrons. The molecule has 0 aliphatic carbocycles. The quantitative estimate of drug-likeness (QED) is 0.889. The van der Waals surface area contributed by atoms with Gasteiger partial charge in [0.15, 0.2) is 0 Å². The molecule has 5 heteroatoms. The summed E-state index contributed by atoms with van der Waals surface area (Å²) < 4.78 is 12.8. The third kappa shape index (κ3) is 2.92. The van der Waals surface area contributed by atoms with E-state index < -0.39 is 12.1 Å². The van der Waals surface area contributed by atoms with E-state index in [-0.39, 0.29) is 17.6 Å². The second-order valence-corrected chi connectivity index (χ2v) is 4.81. The van der Waals surface area contributed by atoms with Crippen molar-refractivity contribution in [2.75, 3.05) is 6.54 Å². The zero-order valence-corrected chi connectivity index (χ0v) is 11.0. The molecule has 1 N–H and O–H groups in total. The van der Waals surface area contributed by atoms with Gasteiger partial charge >= 0.3 is 0 Å². The van der Waals surface area contributed by atoms with Gasteiger partial charge in [-0.1, -0.05) is 12.1 Å². The Morgan fingerprint density at radius 3 is 2.47 bits per heavy atom. The van der Waals surface area contributed by atoms with E-state index in [2.05, 4.69) is 5.32 Å². The molecule has 102 valence electrons. The summed E-state index contributed by atoms with van der Waals surface area (Å²) in [5.41, 5.74) is 0.944. The summed E-state index contributed by atoms with van der Waals surface area (Å²) >= 11 is 0. The number of nitrogens with one attached hydrogen (secondary N) is 1. The largest absolute Gasteiger partial charge is 0.343 e. The van der Waals surface area contributed by atoms with E-state index in [1.54, 1.807) is 30.9 Å². The van der Waals surface area contributed by atoms with E-state index >= 15 is 0 Å². The fourth-order valence-corrected chi connectivity index (χ4v) is 2.18. The predicted molar refractivity (Wildman–Crippen MR) is 68.9 cm³/mol. The lowest BCUT2D eigenvalue weighted by atomic mass is 10.1. The van der Waals surface area contributed by atoms with Gasteiger partial charge in [-0.15, -0.1) is 0 Å². The van der Waals surface area contributed by atoms with Crippen molar-refractivity contribution < 1.29 is 14.0 Å². The third-order valence-corrected chi connectivity index (χ3v) is 3.41. The standard InChI is InChI=1S/C14H17FN2O2/c1-9-14(19)17(10(2)13(18)16-9)8-7-11-3-5-12(15)6-4-11/h3-6,9-10H,7-8H2,1-2H3,(H,16,18). The van der Waals surface area contributed by atoms with E-state index in [1.165, 1.54) is 12.1 Å². The van der Waals surface area contributed by atoms with E-state index in [1.807, 2.05) is 0 Å². The Labute approximate surface area is 111 Å². The second-order valence-electron chi connectivity index (χ2n) is 4.81. The van der Waals surface area contributed by atoms with Gasteiger partial charge in [0.05, 0.1) is 0 Å². The normalized spacial score (nSPS) is 23.4. The molecule has 1 aromatic rings. The number of nitrogens with zero attached hydrogens (tertiary/aromatic N) is 1. The van der Waals surface area contributed by atoms with Gasteiger partial charge in [-0.05, 0) is 38.0 Å². The lowest BCUT2D eigenvalue weighted by Gasteiger charge is -2.36. The number of piperazine rings is 1. The Morgan fingerprint density at radius 1 is 1.21 bits per heavy atom. The molecule has 2 unspecified atom stereocenters. The predicted octanol–water partition coefficient (Wildman–Crippen LogP) is 1.10. The van der Waals surface area contributed by atoms with Crippen molar-refractivity contribution in [3.05, 3.63) is 35.6 Å². The highest BCUT2D eigenvalue weighted by molar-refractivity contribution is 5.96. The van der Waals surface area contributed by atoms with Gasteiger partial charge in [0, 0.05) is 6.54 Å². The molecule has 2 atom stereocenters. The van der Waals surface area contributed by atoms with Crippen LogP contribution in [0.3, 0.4) is 0 Å². The number of benzene rings is 1. The fourth-order valence-electron chi connectivity index (χ4n) is 2.18. The molecule has 0 bridgehead atoms. The Kier molecular flexibility index (Phi) is 3.83. The minimum atomic E-state index is -0.475. The van der Waals surface area contributed by atoms with Crippen LogP contribution in [0, 0.1) is 5.82 Å². The first-order valence-corrected chi connectivity index (χ1v) is 6.34. The van der Waals surface area contributed by atoms with Gasteiger partial charge in [0.25, 0.3) is 0 Å². The molecule has 1 aliphatic heterocycles. The van der Waals surface area contributed by atoms with Crippen LogP contribution in [0.1, 0.15) is 19.4 Å². The molecular weight excluding hydrogens is 247 g/mol. The van der Waals surface area contributed by atoms with Crippen LogP contribution in [0.4, 0.5) is 4.39 Å². The van der Waals surface area contributed by atoms with Gasteiger partial charge in [0.2, 0.25) is 11.8 Å². The summed E-state index contributed by atoms with van der Waals surface area (Å²) in [6.45, 7) is 3.85. The maximum atomic E-state index is 12.8. The van der Waals surface area contributed by atoms with Crippen LogP contribution in [0.2, 0.25) is 0 Å². The first-order chi connectivity index (χ1) is 8.99. The molecule has 2 amide bonds. The molecule has 2 rings (SSSR count). The molecule has 0 spiro atoms. The summed E-state index contributed by atoms with van der Waals surface area (Å²) in [5.74, 6) is -0.486. The summed E-state index contributed by atoms with van der Waals surface area (Å²) in [7, 11) is 0. The van der Waals surface area contributed by atoms with Gasteiger partial charge < -0.3 is 10.2 Å². The summed E-state index contributed by atoms with van der Waals surface area (Å²) in [4.78, 5) is 25.2. The van der Waals surface area contributed by atoms with Crippen molar-refractivity contribution in [3.63, 3.8) is 0 Å². The monoisotopic (exact) mass is 264 g/mol. The van der Waals surface area contributed by atoms with Gasteiger partial charge in [-0.2, -0.15) is 0 Å². The van der Waals surface area contributed by atoms with Crippen molar-refractivity contribution in [1.29, 1.82) is 0 Å². The number of carbonyl (C=O) groups is 2. The van der Waals surface area contributed by atoms with Crippen LogP contribution in [0.25, 0.3) is 0 Å². The van der Waals surface area contributed by atoms with Crippen molar-refractivity contribution >= 4 is 11.8 Å². The molecule has 1 aliphatic rings. The summed E-state index contributed by atoms with van der Waals surface area (Å²) in [6, 6.07) is 5.25. The minimum Gasteiger partial charge on any atom is -0.343 e. The molecule has 19 heavy (non-hydrogen) atoms. The average molecular weight is 264 g/mol. The second kappa shape index (κ2) is 5.38. The third-order valence-electron chi connectivity index (χ3n) is 3.41. The van der Waals surface area contributed by atoms with Gasteiger partial charge in [-0.25, -0.2) is 4.39 Å². The zero-order chi connectivity index (χ0) is 14.0. The van der Waals surface area contributed by atoms with Crippen molar-refractivity contribution in [1.82, 2.24) is 10.2 Å². The Bertz CT molecular complexity index is 487. The summed E-state index contributed by atoms with van der Waals surface area (Å²) in [6.07, 6.45) is 0.608.